The summed E-state index contributed by atoms with van der Waals surface area (Å²) >= 11 is 1.62. The number of aryl methyl sites for hydroxylation is 2. The topological polar surface area (TPSA) is 59.4 Å². The molecule has 0 aliphatic heterocycles. The van der Waals surface area contributed by atoms with E-state index in [-0.39, 0.29) is 0 Å². The number of nitrogens with zero attached hydrogens (tertiary/aromatic N) is 1. The van der Waals surface area contributed by atoms with Crippen molar-refractivity contribution in [2.75, 3.05) is 6.61 Å². The fourth-order valence-corrected chi connectivity index (χ4v) is 2.67. The SMILES string of the molecule is Cc1ccc(OCCc2scnc2C)c(C=CC(=O)O)c1. The van der Waals surface area contributed by atoms with Gasteiger partial charge in [-0.2, -0.15) is 0 Å². The summed E-state index contributed by atoms with van der Waals surface area (Å²) in [6.45, 7) is 4.49. The molecule has 1 aromatic carbocycles. The molecule has 0 radical (unpaired) electrons. The first-order valence-corrected chi connectivity index (χ1v) is 7.47. The highest BCUT2D eigenvalue weighted by atomic mass is 32.1. The van der Waals surface area contributed by atoms with Crippen LogP contribution in [-0.2, 0) is 11.2 Å². The molecule has 0 aliphatic carbocycles. The van der Waals surface area contributed by atoms with Crippen molar-refractivity contribution < 1.29 is 14.6 Å². The van der Waals surface area contributed by atoms with Gasteiger partial charge in [0, 0.05) is 22.9 Å². The second kappa shape index (κ2) is 7.04. The number of carbonyl (C=O) groups is 1. The number of thiazole rings is 1. The minimum atomic E-state index is -0.970. The van der Waals surface area contributed by atoms with Crippen LogP contribution in [0.25, 0.3) is 6.08 Å². The molecule has 0 saturated carbocycles. The Morgan fingerprint density at radius 2 is 2.24 bits per heavy atom. The lowest BCUT2D eigenvalue weighted by atomic mass is 10.1. The highest BCUT2D eigenvalue weighted by molar-refractivity contribution is 7.09. The number of aromatic nitrogens is 1. The summed E-state index contributed by atoms with van der Waals surface area (Å²) in [5, 5.41) is 8.73. The Hall–Kier alpha value is -2.14. The fraction of sp³-hybridized carbons (Fsp3) is 0.250. The molecule has 1 aromatic heterocycles. The number of ether oxygens (including phenoxy) is 1. The predicted octanol–water partition coefficient (Wildman–Crippen LogP) is 3.48. The number of hydrogen-bond donors (Lipinski definition) is 1. The molecule has 0 fully saturated rings. The Morgan fingerprint density at radius 3 is 2.90 bits per heavy atom. The first-order chi connectivity index (χ1) is 10.1. The second-order valence-electron chi connectivity index (χ2n) is 4.67. The van der Waals surface area contributed by atoms with E-state index in [0.29, 0.717) is 12.4 Å². The Kier molecular flexibility index (Phi) is 5.11. The molecular weight excluding hydrogens is 286 g/mol. The van der Waals surface area contributed by atoms with Crippen molar-refractivity contribution in [1.82, 2.24) is 4.98 Å². The molecule has 21 heavy (non-hydrogen) atoms. The quantitative estimate of drug-likeness (QED) is 0.830. The molecule has 0 aliphatic rings. The van der Waals surface area contributed by atoms with Gasteiger partial charge in [-0.05, 0) is 32.1 Å². The van der Waals surface area contributed by atoms with Gasteiger partial charge >= 0.3 is 5.97 Å². The molecule has 0 amide bonds. The third kappa shape index (κ3) is 4.43. The monoisotopic (exact) mass is 303 g/mol. The zero-order chi connectivity index (χ0) is 15.2. The molecule has 0 atom stereocenters. The highest BCUT2D eigenvalue weighted by Crippen LogP contribution is 2.22. The van der Waals surface area contributed by atoms with Crippen LogP contribution in [0.4, 0.5) is 0 Å². The van der Waals surface area contributed by atoms with Crippen molar-refractivity contribution in [2.45, 2.75) is 20.3 Å². The van der Waals surface area contributed by atoms with Crippen molar-refractivity contribution in [1.29, 1.82) is 0 Å². The summed E-state index contributed by atoms with van der Waals surface area (Å²) in [5.41, 5.74) is 4.71. The molecule has 1 N–H and O–H groups in total. The Bertz CT molecular complexity index is 661. The van der Waals surface area contributed by atoms with Crippen molar-refractivity contribution in [3.8, 4) is 5.75 Å². The van der Waals surface area contributed by atoms with E-state index in [9.17, 15) is 4.79 Å². The van der Waals surface area contributed by atoms with Crippen LogP contribution in [0.3, 0.4) is 0 Å². The van der Waals surface area contributed by atoms with Crippen LogP contribution in [-0.4, -0.2) is 22.7 Å². The Balaban J connectivity index is 2.05. The van der Waals surface area contributed by atoms with Crippen LogP contribution in [0, 0.1) is 13.8 Å². The largest absolute Gasteiger partial charge is 0.493 e. The summed E-state index contributed by atoms with van der Waals surface area (Å²) < 4.78 is 5.79. The molecule has 0 saturated heterocycles. The predicted molar refractivity (Wildman–Crippen MR) is 83.9 cm³/mol. The minimum absolute atomic E-state index is 0.542. The zero-order valence-electron chi connectivity index (χ0n) is 12.0. The molecule has 2 rings (SSSR count). The molecule has 110 valence electrons. The summed E-state index contributed by atoms with van der Waals surface area (Å²) in [5.74, 6) is -0.275. The van der Waals surface area contributed by atoms with Crippen molar-refractivity contribution in [2.24, 2.45) is 0 Å². The van der Waals surface area contributed by atoms with Crippen LogP contribution < -0.4 is 4.74 Å². The molecule has 2 aromatic rings. The van der Waals surface area contributed by atoms with Gasteiger partial charge < -0.3 is 9.84 Å². The van der Waals surface area contributed by atoms with E-state index in [1.165, 1.54) is 4.88 Å². The van der Waals surface area contributed by atoms with Gasteiger partial charge in [-0.15, -0.1) is 11.3 Å². The molecule has 0 spiro atoms. The van der Waals surface area contributed by atoms with E-state index in [1.807, 2.05) is 37.6 Å². The smallest absolute Gasteiger partial charge is 0.328 e. The summed E-state index contributed by atoms with van der Waals surface area (Å²) in [6.07, 6.45) is 3.48. The lowest BCUT2D eigenvalue weighted by Gasteiger charge is -2.09. The van der Waals surface area contributed by atoms with Crippen molar-refractivity contribution >= 4 is 23.4 Å². The number of carboxylic acid groups (broad SMARTS) is 1. The van der Waals surface area contributed by atoms with Gasteiger partial charge in [0.25, 0.3) is 0 Å². The average molecular weight is 303 g/mol. The standard InChI is InChI=1S/C16H17NO3S/c1-11-3-5-14(13(9-11)4-6-16(18)19)20-8-7-15-12(2)17-10-21-15/h3-6,9-10H,7-8H2,1-2H3,(H,18,19). The van der Waals surface area contributed by atoms with Gasteiger partial charge in [0.1, 0.15) is 5.75 Å². The van der Waals surface area contributed by atoms with Gasteiger partial charge in [-0.1, -0.05) is 11.6 Å². The Labute approximate surface area is 127 Å². The second-order valence-corrected chi connectivity index (χ2v) is 5.61. The van der Waals surface area contributed by atoms with Crippen molar-refractivity contribution in [3.05, 3.63) is 51.5 Å². The van der Waals surface area contributed by atoms with E-state index in [0.717, 1.165) is 29.3 Å². The zero-order valence-corrected chi connectivity index (χ0v) is 12.8. The van der Waals surface area contributed by atoms with Gasteiger partial charge in [-0.3, -0.25) is 0 Å². The van der Waals surface area contributed by atoms with Gasteiger partial charge in [0.15, 0.2) is 0 Å². The van der Waals surface area contributed by atoms with Gasteiger partial charge in [-0.25, -0.2) is 9.78 Å². The summed E-state index contributed by atoms with van der Waals surface area (Å²) in [7, 11) is 0. The fourth-order valence-electron chi connectivity index (χ4n) is 1.91. The van der Waals surface area contributed by atoms with Crippen LogP contribution in [0.5, 0.6) is 5.75 Å². The molecule has 0 bridgehead atoms. The molecule has 5 heteroatoms. The van der Waals surface area contributed by atoms with Crippen LogP contribution in [0.2, 0.25) is 0 Å². The lowest BCUT2D eigenvalue weighted by molar-refractivity contribution is -0.131. The third-order valence-electron chi connectivity index (χ3n) is 3.00. The summed E-state index contributed by atoms with van der Waals surface area (Å²) in [6, 6.07) is 5.73. The average Bonchev–Trinajstić information content (AvgIpc) is 2.84. The van der Waals surface area contributed by atoms with Gasteiger partial charge in [0.05, 0.1) is 17.8 Å². The maximum absolute atomic E-state index is 10.6. The number of rotatable bonds is 6. The molecule has 1 heterocycles. The number of carboxylic acids is 1. The maximum Gasteiger partial charge on any atom is 0.328 e. The molecular formula is C16H17NO3S. The van der Waals surface area contributed by atoms with E-state index in [1.54, 1.807) is 17.4 Å². The van der Waals surface area contributed by atoms with Crippen molar-refractivity contribution in [3.63, 3.8) is 0 Å². The highest BCUT2D eigenvalue weighted by Gasteiger charge is 2.05. The molecule has 4 nitrogen and oxygen atoms in total. The Morgan fingerprint density at radius 1 is 1.43 bits per heavy atom. The van der Waals surface area contributed by atoms with E-state index >= 15 is 0 Å². The minimum Gasteiger partial charge on any atom is -0.493 e. The lowest BCUT2D eigenvalue weighted by Crippen LogP contribution is -2.02. The van der Waals surface area contributed by atoms with E-state index in [4.69, 9.17) is 9.84 Å². The normalized spacial score (nSPS) is 11.0. The van der Waals surface area contributed by atoms with E-state index in [2.05, 4.69) is 4.98 Å². The maximum atomic E-state index is 10.6. The third-order valence-corrected chi connectivity index (χ3v) is 4.00. The first kappa shape index (κ1) is 15.3. The number of aliphatic carboxylic acids is 1. The van der Waals surface area contributed by atoms with Crippen LogP contribution in [0.1, 0.15) is 21.7 Å². The number of benzene rings is 1. The summed E-state index contributed by atoms with van der Waals surface area (Å²) in [4.78, 5) is 16.1. The number of hydrogen-bond acceptors (Lipinski definition) is 4. The van der Waals surface area contributed by atoms with E-state index < -0.39 is 5.97 Å². The molecule has 0 unspecified atom stereocenters. The first-order valence-electron chi connectivity index (χ1n) is 6.59. The van der Waals surface area contributed by atoms with Crippen LogP contribution >= 0.6 is 11.3 Å². The van der Waals surface area contributed by atoms with Crippen LogP contribution in [0.15, 0.2) is 29.8 Å². The van der Waals surface area contributed by atoms with Gasteiger partial charge in [0.2, 0.25) is 0 Å².